The number of amides is 1. The third-order valence-corrected chi connectivity index (χ3v) is 3.92. The molecule has 0 saturated carbocycles. The van der Waals surface area contributed by atoms with Gasteiger partial charge in [0.1, 0.15) is 11.6 Å². The summed E-state index contributed by atoms with van der Waals surface area (Å²) in [6.07, 6.45) is -5.32. The third kappa shape index (κ3) is 5.00. The van der Waals surface area contributed by atoms with Crippen LogP contribution in [-0.2, 0) is 9.53 Å². The smallest absolute Gasteiger partial charge is 0.441 e. The first-order valence-corrected chi connectivity index (χ1v) is 8.96. The molecule has 0 aliphatic carbocycles. The number of hydrogen-bond donors (Lipinski definition) is 2. The molecule has 10 heteroatoms. The number of alkyl halides is 3. The number of carbonyl (C=O) groups is 2. The fraction of sp³-hybridized carbons (Fsp3) is 0.300. The molecule has 0 unspecified atom stereocenters. The molecule has 0 bridgehead atoms. The Morgan fingerprint density at radius 2 is 1.60 bits per heavy atom. The summed E-state index contributed by atoms with van der Waals surface area (Å²) >= 11 is 0. The topological polar surface area (TPSA) is 76.7 Å². The van der Waals surface area contributed by atoms with Gasteiger partial charge in [0.05, 0.1) is 18.8 Å². The Kier molecular flexibility index (Phi) is 7.25. The Balaban J connectivity index is 2.52. The number of carbonyl (C=O) groups excluding carboxylic acids is 2. The average Bonchev–Trinajstić information content (AvgIpc) is 2.69. The van der Waals surface area contributed by atoms with Gasteiger partial charge in [0, 0.05) is 5.69 Å². The zero-order valence-corrected chi connectivity index (χ0v) is 16.2. The van der Waals surface area contributed by atoms with Gasteiger partial charge in [0.25, 0.3) is 5.91 Å². The summed E-state index contributed by atoms with van der Waals surface area (Å²) in [7, 11) is 0. The molecule has 2 aromatic rings. The van der Waals surface area contributed by atoms with E-state index >= 15 is 0 Å². The fourth-order valence-corrected chi connectivity index (χ4v) is 2.55. The summed E-state index contributed by atoms with van der Waals surface area (Å²) in [5.74, 6) is -3.65. The van der Waals surface area contributed by atoms with Crippen molar-refractivity contribution < 1.29 is 36.6 Å². The van der Waals surface area contributed by atoms with Crippen molar-refractivity contribution in [2.24, 2.45) is 0 Å². The van der Waals surface area contributed by atoms with Crippen molar-refractivity contribution in [2.75, 3.05) is 18.5 Å². The van der Waals surface area contributed by atoms with E-state index in [1.54, 1.807) is 18.3 Å². The van der Waals surface area contributed by atoms with E-state index in [0.29, 0.717) is 0 Å². The third-order valence-electron chi connectivity index (χ3n) is 3.92. The summed E-state index contributed by atoms with van der Waals surface area (Å²) in [5.41, 5.74) is -4.10. The first kappa shape index (κ1) is 23.0. The average molecular weight is 428 g/mol. The fourth-order valence-electron chi connectivity index (χ4n) is 2.55. The summed E-state index contributed by atoms with van der Waals surface area (Å²) < 4.78 is 65.5. The van der Waals surface area contributed by atoms with Gasteiger partial charge in [-0.2, -0.15) is 13.2 Å². The van der Waals surface area contributed by atoms with E-state index in [4.69, 9.17) is 4.74 Å². The molecule has 0 aromatic heterocycles. The number of halogens is 4. The first-order chi connectivity index (χ1) is 14.1. The van der Waals surface area contributed by atoms with Crippen molar-refractivity contribution >= 4 is 17.6 Å². The lowest BCUT2D eigenvalue weighted by molar-refractivity contribution is -0.204. The molecule has 1 amide bonds. The van der Waals surface area contributed by atoms with Crippen molar-refractivity contribution in [2.45, 2.75) is 25.7 Å². The summed E-state index contributed by atoms with van der Waals surface area (Å²) in [5, 5.41) is 3.67. The highest BCUT2D eigenvalue weighted by molar-refractivity contribution is 6.01. The predicted octanol–water partition coefficient (Wildman–Crippen LogP) is 3.89. The lowest BCUT2D eigenvalue weighted by Gasteiger charge is -2.35. The number of esters is 1. The molecule has 0 heterocycles. The molecule has 2 rings (SSSR count). The van der Waals surface area contributed by atoms with Crippen molar-refractivity contribution in [1.82, 2.24) is 5.32 Å². The SMILES string of the molecule is CCOC(=O)[C@@](NC(=O)c1ccccc1OCC)(Nc1ccc(F)cc1)C(F)(F)F. The van der Waals surface area contributed by atoms with E-state index in [-0.39, 0.29) is 30.2 Å². The molecule has 6 nitrogen and oxygen atoms in total. The largest absolute Gasteiger partial charge is 0.493 e. The number of nitrogens with one attached hydrogen (secondary N) is 2. The van der Waals surface area contributed by atoms with Crippen molar-refractivity contribution in [1.29, 1.82) is 0 Å². The van der Waals surface area contributed by atoms with Gasteiger partial charge in [-0.3, -0.25) is 4.79 Å². The molecule has 0 saturated heterocycles. The summed E-state index contributed by atoms with van der Waals surface area (Å²) in [6.45, 7) is 2.76. The summed E-state index contributed by atoms with van der Waals surface area (Å²) in [6, 6.07) is 9.44. The lowest BCUT2D eigenvalue weighted by Crippen LogP contribution is -2.69. The first-order valence-electron chi connectivity index (χ1n) is 8.96. The van der Waals surface area contributed by atoms with Gasteiger partial charge in [-0.15, -0.1) is 0 Å². The zero-order valence-electron chi connectivity index (χ0n) is 16.2. The van der Waals surface area contributed by atoms with Crippen molar-refractivity contribution in [3.05, 3.63) is 59.9 Å². The van der Waals surface area contributed by atoms with Gasteiger partial charge in [-0.1, -0.05) is 12.1 Å². The standard InChI is InChI=1S/C20H20F4N2O4/c1-3-29-16-8-6-5-7-15(16)17(27)26-19(20(22,23)24,18(28)30-4-2)25-14-11-9-13(21)10-12-14/h5-12,25H,3-4H2,1-2H3,(H,26,27)/t19-/m0/s1. The Bertz CT molecular complexity index is 887. The molecule has 0 radical (unpaired) electrons. The van der Waals surface area contributed by atoms with E-state index in [0.717, 1.165) is 24.3 Å². The Hall–Kier alpha value is -3.30. The van der Waals surface area contributed by atoms with E-state index in [1.165, 1.54) is 25.1 Å². The highest BCUT2D eigenvalue weighted by atomic mass is 19.4. The molecule has 30 heavy (non-hydrogen) atoms. The maximum Gasteiger partial charge on any atom is 0.441 e. The van der Waals surface area contributed by atoms with Crippen LogP contribution in [0.2, 0.25) is 0 Å². The summed E-state index contributed by atoms with van der Waals surface area (Å²) in [4.78, 5) is 25.2. The minimum absolute atomic E-state index is 0.0409. The minimum atomic E-state index is -5.32. The number of benzene rings is 2. The van der Waals surface area contributed by atoms with Crippen LogP contribution in [0.4, 0.5) is 23.2 Å². The van der Waals surface area contributed by atoms with Crippen LogP contribution in [0.25, 0.3) is 0 Å². The molecule has 0 aliphatic heterocycles. The van der Waals surface area contributed by atoms with Crippen LogP contribution in [0, 0.1) is 5.82 Å². The molecule has 2 aromatic carbocycles. The van der Waals surface area contributed by atoms with Crippen LogP contribution >= 0.6 is 0 Å². The normalized spacial score (nSPS) is 13.1. The van der Waals surface area contributed by atoms with Gasteiger partial charge in [0.15, 0.2) is 0 Å². The van der Waals surface area contributed by atoms with Crippen molar-refractivity contribution in [3.8, 4) is 5.75 Å². The molecule has 162 valence electrons. The second-order valence-corrected chi connectivity index (χ2v) is 5.98. The Labute approximate surface area is 170 Å². The molecule has 0 fully saturated rings. The van der Waals surface area contributed by atoms with Gasteiger partial charge < -0.3 is 20.1 Å². The maximum atomic E-state index is 14.2. The van der Waals surface area contributed by atoms with Crippen LogP contribution in [0.5, 0.6) is 5.75 Å². The van der Waals surface area contributed by atoms with E-state index in [9.17, 15) is 27.2 Å². The van der Waals surface area contributed by atoms with Gasteiger partial charge in [-0.25, -0.2) is 9.18 Å². The number of rotatable bonds is 8. The van der Waals surface area contributed by atoms with Gasteiger partial charge >= 0.3 is 17.8 Å². The monoisotopic (exact) mass is 428 g/mol. The molecule has 1 atom stereocenters. The quantitative estimate of drug-likeness (QED) is 0.379. The van der Waals surface area contributed by atoms with Gasteiger partial charge in [0.2, 0.25) is 0 Å². The maximum absolute atomic E-state index is 14.2. The second kappa shape index (κ2) is 9.47. The van der Waals surface area contributed by atoms with Crippen LogP contribution < -0.4 is 15.4 Å². The number of anilines is 1. The zero-order chi connectivity index (χ0) is 22.4. The molecule has 0 spiro atoms. The Morgan fingerprint density at radius 1 is 0.967 bits per heavy atom. The van der Waals surface area contributed by atoms with Crippen LogP contribution in [0.1, 0.15) is 24.2 Å². The predicted molar refractivity (Wildman–Crippen MR) is 101 cm³/mol. The number of para-hydroxylation sites is 1. The van der Waals surface area contributed by atoms with Crippen LogP contribution in [0.3, 0.4) is 0 Å². The molecular weight excluding hydrogens is 408 g/mol. The van der Waals surface area contributed by atoms with E-state index < -0.39 is 29.5 Å². The number of ether oxygens (including phenoxy) is 2. The van der Waals surface area contributed by atoms with E-state index in [2.05, 4.69) is 4.74 Å². The van der Waals surface area contributed by atoms with Crippen LogP contribution in [-0.4, -0.2) is 36.9 Å². The Morgan fingerprint density at radius 3 is 2.17 bits per heavy atom. The van der Waals surface area contributed by atoms with E-state index in [1.807, 2.05) is 5.32 Å². The second-order valence-electron chi connectivity index (χ2n) is 5.98. The molecule has 2 N–H and O–H groups in total. The van der Waals surface area contributed by atoms with Crippen LogP contribution in [0.15, 0.2) is 48.5 Å². The highest BCUT2D eigenvalue weighted by Gasteiger charge is 2.63. The molecular formula is C20H20F4N2O4. The highest BCUT2D eigenvalue weighted by Crippen LogP contribution is 2.34. The van der Waals surface area contributed by atoms with Gasteiger partial charge in [-0.05, 0) is 50.2 Å². The number of hydrogen-bond acceptors (Lipinski definition) is 5. The molecule has 0 aliphatic rings. The minimum Gasteiger partial charge on any atom is -0.493 e. The lowest BCUT2D eigenvalue weighted by atomic mass is 10.1. The van der Waals surface area contributed by atoms with Crippen molar-refractivity contribution in [3.63, 3.8) is 0 Å².